The van der Waals surface area contributed by atoms with E-state index in [9.17, 15) is 0 Å². The minimum Gasteiger partial charge on any atom is -0.302 e. The van der Waals surface area contributed by atoms with Crippen LogP contribution in [-0.4, -0.2) is 23.5 Å². The van der Waals surface area contributed by atoms with E-state index < -0.39 is 0 Å². The second-order valence-electron chi connectivity index (χ2n) is 3.82. The van der Waals surface area contributed by atoms with Crippen LogP contribution in [-0.2, 0) is 6.54 Å². The highest BCUT2D eigenvalue weighted by Crippen LogP contribution is 2.16. The molecule has 15 heavy (non-hydrogen) atoms. The summed E-state index contributed by atoms with van der Waals surface area (Å²) in [6, 6.07) is 10.5. The predicted molar refractivity (Wildman–Crippen MR) is 63.8 cm³/mol. The zero-order valence-electron chi connectivity index (χ0n) is 9.27. The quantitative estimate of drug-likeness (QED) is 0.757. The molecule has 2 rings (SSSR count). The first-order chi connectivity index (χ1) is 7.31. The van der Waals surface area contributed by atoms with Crippen LogP contribution in [0.1, 0.15) is 12.5 Å². The zero-order valence-corrected chi connectivity index (χ0v) is 9.27. The summed E-state index contributed by atoms with van der Waals surface area (Å²) in [5, 5.41) is 1.22. The molecule has 0 amide bonds. The molecule has 0 N–H and O–H groups in total. The number of benzene rings is 1. The fourth-order valence-corrected chi connectivity index (χ4v) is 1.70. The number of rotatable bonds is 3. The molecule has 0 aliphatic heterocycles. The molecule has 0 aliphatic rings. The molecule has 1 heterocycles. The van der Waals surface area contributed by atoms with Gasteiger partial charge in [-0.1, -0.05) is 31.2 Å². The van der Waals surface area contributed by atoms with Crippen LogP contribution in [0.3, 0.4) is 0 Å². The normalized spacial score (nSPS) is 11.1. The van der Waals surface area contributed by atoms with Gasteiger partial charge in [-0.25, -0.2) is 0 Å². The summed E-state index contributed by atoms with van der Waals surface area (Å²) in [5.41, 5.74) is 2.43. The second-order valence-corrected chi connectivity index (χ2v) is 3.82. The van der Waals surface area contributed by atoms with Gasteiger partial charge in [0.1, 0.15) is 0 Å². The molecule has 0 saturated heterocycles. The van der Waals surface area contributed by atoms with Crippen LogP contribution >= 0.6 is 0 Å². The van der Waals surface area contributed by atoms with Crippen molar-refractivity contribution in [3.8, 4) is 0 Å². The summed E-state index contributed by atoms with van der Waals surface area (Å²) < 4.78 is 0. The molecule has 0 radical (unpaired) electrons. The molecule has 1 aromatic carbocycles. The summed E-state index contributed by atoms with van der Waals surface area (Å²) in [4.78, 5) is 6.72. The Bertz CT molecular complexity index is 446. The van der Waals surface area contributed by atoms with Crippen LogP contribution in [0.2, 0.25) is 0 Å². The summed E-state index contributed by atoms with van der Waals surface area (Å²) in [6.07, 6.45) is 1.86. The van der Waals surface area contributed by atoms with Gasteiger partial charge in [0, 0.05) is 18.1 Å². The molecule has 2 aromatic rings. The second kappa shape index (κ2) is 4.41. The standard InChI is InChI=1S/C13H16N2/c1-3-15(2)10-12-7-4-6-11-8-5-9-14-13(11)12/h4-9H,3,10H2,1-2H3. The summed E-state index contributed by atoms with van der Waals surface area (Å²) >= 11 is 0. The van der Waals surface area contributed by atoms with Gasteiger partial charge in [0.25, 0.3) is 0 Å². The van der Waals surface area contributed by atoms with E-state index in [0.29, 0.717) is 0 Å². The summed E-state index contributed by atoms with van der Waals surface area (Å²) in [7, 11) is 2.13. The highest BCUT2D eigenvalue weighted by atomic mass is 15.1. The Hall–Kier alpha value is -1.41. The molecule has 0 saturated carbocycles. The van der Waals surface area contributed by atoms with Crippen molar-refractivity contribution in [1.29, 1.82) is 0 Å². The maximum atomic E-state index is 4.44. The SMILES string of the molecule is CCN(C)Cc1cccc2cccnc12. The van der Waals surface area contributed by atoms with Crippen molar-refractivity contribution in [2.45, 2.75) is 13.5 Å². The Kier molecular flexibility index (Phi) is 2.97. The van der Waals surface area contributed by atoms with E-state index in [1.807, 2.05) is 12.3 Å². The number of hydrogen-bond acceptors (Lipinski definition) is 2. The smallest absolute Gasteiger partial charge is 0.0746 e. The van der Waals surface area contributed by atoms with Crippen molar-refractivity contribution in [2.24, 2.45) is 0 Å². The van der Waals surface area contributed by atoms with Crippen LogP contribution in [0.25, 0.3) is 10.9 Å². The number of nitrogens with zero attached hydrogens (tertiary/aromatic N) is 2. The molecule has 2 heteroatoms. The molecule has 0 bridgehead atoms. The topological polar surface area (TPSA) is 16.1 Å². The molecule has 1 aromatic heterocycles. The molecule has 78 valence electrons. The molecular weight excluding hydrogens is 184 g/mol. The van der Waals surface area contributed by atoms with Gasteiger partial charge in [0.15, 0.2) is 0 Å². The average molecular weight is 200 g/mol. The van der Waals surface area contributed by atoms with Crippen LogP contribution < -0.4 is 0 Å². The van der Waals surface area contributed by atoms with E-state index in [0.717, 1.165) is 18.6 Å². The average Bonchev–Trinajstić information content (AvgIpc) is 2.29. The van der Waals surface area contributed by atoms with Gasteiger partial charge in [0.2, 0.25) is 0 Å². The van der Waals surface area contributed by atoms with Crippen molar-refractivity contribution in [2.75, 3.05) is 13.6 Å². The number of para-hydroxylation sites is 1. The fraction of sp³-hybridized carbons (Fsp3) is 0.308. The molecular formula is C13H16N2. The molecule has 2 nitrogen and oxygen atoms in total. The monoisotopic (exact) mass is 200 g/mol. The van der Waals surface area contributed by atoms with E-state index >= 15 is 0 Å². The molecule has 0 spiro atoms. The fourth-order valence-electron chi connectivity index (χ4n) is 1.70. The number of aromatic nitrogens is 1. The minimum atomic E-state index is 0.963. The van der Waals surface area contributed by atoms with E-state index in [-0.39, 0.29) is 0 Å². The Morgan fingerprint density at radius 3 is 2.80 bits per heavy atom. The first-order valence-corrected chi connectivity index (χ1v) is 5.32. The van der Waals surface area contributed by atoms with Crippen LogP contribution in [0, 0.1) is 0 Å². The van der Waals surface area contributed by atoms with Gasteiger partial charge >= 0.3 is 0 Å². The zero-order chi connectivity index (χ0) is 10.7. The van der Waals surface area contributed by atoms with Gasteiger partial charge in [0.05, 0.1) is 5.52 Å². The third kappa shape index (κ3) is 2.16. The van der Waals surface area contributed by atoms with Gasteiger partial charge in [-0.05, 0) is 25.2 Å². The van der Waals surface area contributed by atoms with Crippen molar-refractivity contribution in [3.05, 3.63) is 42.1 Å². The number of fused-ring (bicyclic) bond motifs is 1. The third-order valence-corrected chi connectivity index (χ3v) is 2.70. The summed E-state index contributed by atoms with van der Waals surface area (Å²) in [6.45, 7) is 4.19. The Morgan fingerprint density at radius 1 is 1.20 bits per heavy atom. The lowest BCUT2D eigenvalue weighted by Gasteiger charge is -2.14. The molecule has 0 fully saturated rings. The molecule has 0 atom stereocenters. The van der Waals surface area contributed by atoms with Gasteiger partial charge in [-0.2, -0.15) is 0 Å². The van der Waals surface area contributed by atoms with Crippen LogP contribution in [0.5, 0.6) is 0 Å². The van der Waals surface area contributed by atoms with E-state index in [2.05, 4.69) is 48.1 Å². The maximum Gasteiger partial charge on any atom is 0.0746 e. The number of pyridine rings is 1. The Labute approximate surface area is 90.6 Å². The lowest BCUT2D eigenvalue weighted by Crippen LogP contribution is -2.16. The first-order valence-electron chi connectivity index (χ1n) is 5.32. The number of hydrogen-bond donors (Lipinski definition) is 0. The van der Waals surface area contributed by atoms with Crippen molar-refractivity contribution >= 4 is 10.9 Å². The first kappa shape index (κ1) is 10.1. The van der Waals surface area contributed by atoms with Crippen LogP contribution in [0.15, 0.2) is 36.5 Å². The highest BCUT2D eigenvalue weighted by Gasteiger charge is 2.03. The van der Waals surface area contributed by atoms with Gasteiger partial charge in [-0.15, -0.1) is 0 Å². The van der Waals surface area contributed by atoms with Crippen molar-refractivity contribution in [1.82, 2.24) is 9.88 Å². The predicted octanol–water partition coefficient (Wildman–Crippen LogP) is 2.69. The van der Waals surface area contributed by atoms with E-state index in [1.165, 1.54) is 10.9 Å². The lowest BCUT2D eigenvalue weighted by molar-refractivity contribution is 0.347. The third-order valence-electron chi connectivity index (χ3n) is 2.70. The van der Waals surface area contributed by atoms with Gasteiger partial charge in [-0.3, -0.25) is 4.98 Å². The van der Waals surface area contributed by atoms with E-state index in [4.69, 9.17) is 0 Å². The Morgan fingerprint density at radius 2 is 2.00 bits per heavy atom. The van der Waals surface area contributed by atoms with Gasteiger partial charge < -0.3 is 4.90 Å². The van der Waals surface area contributed by atoms with Crippen molar-refractivity contribution in [3.63, 3.8) is 0 Å². The van der Waals surface area contributed by atoms with Crippen molar-refractivity contribution < 1.29 is 0 Å². The van der Waals surface area contributed by atoms with E-state index in [1.54, 1.807) is 0 Å². The highest BCUT2D eigenvalue weighted by molar-refractivity contribution is 5.81. The largest absolute Gasteiger partial charge is 0.302 e. The summed E-state index contributed by atoms with van der Waals surface area (Å²) in [5.74, 6) is 0. The lowest BCUT2D eigenvalue weighted by atomic mass is 10.1. The molecule has 0 aliphatic carbocycles. The van der Waals surface area contributed by atoms with Crippen LogP contribution in [0.4, 0.5) is 0 Å². The Balaban J connectivity index is 2.42. The minimum absolute atomic E-state index is 0.963. The maximum absolute atomic E-state index is 4.44. The molecule has 0 unspecified atom stereocenters.